The van der Waals surface area contributed by atoms with Crippen molar-refractivity contribution in [3.63, 3.8) is 0 Å². The summed E-state index contributed by atoms with van der Waals surface area (Å²) >= 11 is 0. The lowest BCUT2D eigenvalue weighted by atomic mass is 9.79. The summed E-state index contributed by atoms with van der Waals surface area (Å²) in [5.74, 6) is -3.28. The predicted octanol–water partition coefficient (Wildman–Crippen LogP) is 1.000. The molecule has 1 amide bonds. The number of cyclic esters (lactones) is 3. The molecular formula is C15H25NO9S. The van der Waals surface area contributed by atoms with Gasteiger partial charge in [0.1, 0.15) is 0 Å². The molecule has 0 aliphatic carbocycles. The molecule has 11 heteroatoms. The summed E-state index contributed by atoms with van der Waals surface area (Å²) in [6.45, 7) is 7.23. The van der Waals surface area contributed by atoms with Crippen LogP contribution in [-0.4, -0.2) is 54.7 Å². The molecule has 2 N–H and O–H groups in total. The van der Waals surface area contributed by atoms with Crippen LogP contribution < -0.4 is 5.32 Å². The van der Waals surface area contributed by atoms with E-state index in [1.807, 2.05) is 0 Å². The van der Waals surface area contributed by atoms with Gasteiger partial charge in [-0.1, -0.05) is 13.8 Å². The van der Waals surface area contributed by atoms with Gasteiger partial charge in [0.25, 0.3) is 15.9 Å². The van der Waals surface area contributed by atoms with Crippen LogP contribution in [0.1, 0.15) is 47.5 Å². The molecule has 2 unspecified atom stereocenters. The highest BCUT2D eigenvalue weighted by Gasteiger charge is 2.47. The fourth-order valence-corrected chi connectivity index (χ4v) is 3.29. The zero-order chi connectivity index (χ0) is 20.3. The Balaban J connectivity index is 2.98. The highest BCUT2D eigenvalue weighted by atomic mass is 32.2. The molecular weight excluding hydrogens is 370 g/mol. The van der Waals surface area contributed by atoms with Gasteiger partial charge in [-0.25, -0.2) is 9.59 Å². The van der Waals surface area contributed by atoms with E-state index in [9.17, 15) is 22.8 Å². The first kappa shape index (κ1) is 22.2. The van der Waals surface area contributed by atoms with Crippen molar-refractivity contribution >= 4 is 28.1 Å². The Morgan fingerprint density at radius 3 is 2.38 bits per heavy atom. The number of hydrogen-bond donors (Lipinski definition) is 2. The molecule has 1 fully saturated rings. The number of hydrogen-bond acceptors (Lipinski definition) is 8. The van der Waals surface area contributed by atoms with Gasteiger partial charge >= 0.3 is 12.1 Å². The third-order valence-corrected chi connectivity index (χ3v) is 4.47. The lowest BCUT2D eigenvalue weighted by Gasteiger charge is -2.33. The van der Waals surface area contributed by atoms with E-state index >= 15 is 0 Å². The average Bonchev–Trinajstić information content (AvgIpc) is 2.49. The second kappa shape index (κ2) is 7.78. The third kappa shape index (κ3) is 7.16. The van der Waals surface area contributed by atoms with Crippen molar-refractivity contribution in [3.8, 4) is 0 Å². The van der Waals surface area contributed by atoms with Gasteiger partial charge in [0, 0.05) is 32.2 Å². The van der Waals surface area contributed by atoms with Crippen LogP contribution >= 0.6 is 0 Å². The highest BCUT2D eigenvalue weighted by Crippen LogP contribution is 2.34. The highest BCUT2D eigenvalue weighted by molar-refractivity contribution is 7.85. The van der Waals surface area contributed by atoms with Crippen LogP contribution in [0.2, 0.25) is 0 Å². The molecule has 0 bridgehead atoms. The van der Waals surface area contributed by atoms with Crippen LogP contribution in [0.15, 0.2) is 0 Å². The van der Waals surface area contributed by atoms with Crippen molar-refractivity contribution < 1.29 is 41.6 Å². The number of amides is 1. The van der Waals surface area contributed by atoms with Crippen molar-refractivity contribution in [1.29, 1.82) is 0 Å². The maximum Gasteiger partial charge on any atom is 0.512 e. The van der Waals surface area contributed by atoms with Crippen molar-refractivity contribution in [2.24, 2.45) is 5.41 Å². The molecule has 1 aliphatic heterocycles. The van der Waals surface area contributed by atoms with Gasteiger partial charge in [0.2, 0.25) is 12.0 Å². The summed E-state index contributed by atoms with van der Waals surface area (Å²) in [4.78, 5) is 35.5. The van der Waals surface area contributed by atoms with E-state index in [0.717, 1.165) is 0 Å². The van der Waals surface area contributed by atoms with E-state index in [-0.39, 0.29) is 12.8 Å². The second-order valence-corrected chi connectivity index (χ2v) is 8.91. The first-order valence-electron chi connectivity index (χ1n) is 7.96. The van der Waals surface area contributed by atoms with Crippen molar-refractivity contribution in [1.82, 2.24) is 5.32 Å². The van der Waals surface area contributed by atoms with Gasteiger partial charge in [0.05, 0.1) is 5.75 Å². The maximum absolute atomic E-state index is 12.3. The number of carbonyl (C=O) groups is 3. The Morgan fingerprint density at radius 1 is 1.31 bits per heavy atom. The molecule has 1 aliphatic rings. The summed E-state index contributed by atoms with van der Waals surface area (Å²) in [6, 6.07) is -0.687. The van der Waals surface area contributed by atoms with Gasteiger partial charge in [-0.15, -0.1) is 0 Å². The number of esters is 1. The topological polar surface area (TPSA) is 145 Å². The van der Waals surface area contributed by atoms with Crippen LogP contribution in [0.3, 0.4) is 0 Å². The fourth-order valence-electron chi connectivity index (χ4n) is 2.71. The molecule has 0 aromatic rings. The minimum absolute atomic E-state index is 0.0789. The molecule has 0 saturated carbocycles. The molecule has 0 radical (unpaired) electrons. The van der Waals surface area contributed by atoms with Crippen molar-refractivity contribution in [2.75, 3.05) is 5.75 Å². The normalized spacial score (nSPS) is 21.7. The lowest BCUT2D eigenvalue weighted by molar-refractivity contribution is -0.191. The number of ether oxygens (including phenoxy) is 3. The molecule has 10 nitrogen and oxygen atoms in total. The van der Waals surface area contributed by atoms with Crippen molar-refractivity contribution in [3.05, 3.63) is 0 Å². The Labute approximate surface area is 152 Å². The molecule has 26 heavy (non-hydrogen) atoms. The standard InChI is InChI=1S/C15H25NO9S/c1-9(17)16-10(6-7-26(20,21)22)8-14(2,3)11-12(18)24-15(4,5)25-13(19)23-11/h10-11H,6-8H2,1-5H3,(H,16,17)(H,20,21,22). The minimum Gasteiger partial charge on any atom is -0.420 e. The largest absolute Gasteiger partial charge is 0.512 e. The zero-order valence-corrected chi connectivity index (χ0v) is 16.2. The Morgan fingerprint density at radius 2 is 1.88 bits per heavy atom. The van der Waals surface area contributed by atoms with E-state index < -0.39 is 57.3 Å². The van der Waals surface area contributed by atoms with Gasteiger partial charge in [0.15, 0.2) is 0 Å². The van der Waals surface area contributed by atoms with E-state index in [1.54, 1.807) is 13.8 Å². The third-order valence-electron chi connectivity index (χ3n) is 3.72. The zero-order valence-electron chi connectivity index (χ0n) is 15.4. The van der Waals surface area contributed by atoms with E-state index in [1.165, 1.54) is 20.8 Å². The Bertz CT molecular complexity index is 669. The van der Waals surface area contributed by atoms with Crippen LogP contribution in [-0.2, 0) is 33.9 Å². The van der Waals surface area contributed by atoms with Crippen LogP contribution in [0.5, 0.6) is 0 Å². The van der Waals surface area contributed by atoms with E-state index in [2.05, 4.69) is 5.32 Å². The molecule has 2 atom stereocenters. The molecule has 0 aromatic carbocycles. The maximum atomic E-state index is 12.3. The number of carbonyl (C=O) groups excluding carboxylic acids is 3. The summed E-state index contributed by atoms with van der Waals surface area (Å²) in [5, 5.41) is 2.57. The number of nitrogens with one attached hydrogen (secondary N) is 1. The molecule has 150 valence electrons. The summed E-state index contributed by atoms with van der Waals surface area (Å²) in [5.41, 5.74) is -1.02. The SMILES string of the molecule is CC(=O)NC(CCS(=O)(=O)O)CC(C)(C)C1OC(=O)OC(C)(C)OC1=O. The molecule has 1 rings (SSSR count). The molecule has 1 heterocycles. The first-order valence-corrected chi connectivity index (χ1v) is 9.57. The molecule has 0 spiro atoms. The van der Waals surface area contributed by atoms with Gasteiger partial charge in [-0.2, -0.15) is 8.42 Å². The van der Waals surface area contributed by atoms with Gasteiger partial charge in [-0.05, 0) is 12.8 Å². The van der Waals surface area contributed by atoms with Crippen LogP contribution in [0, 0.1) is 5.41 Å². The fraction of sp³-hybridized carbons (Fsp3) is 0.800. The second-order valence-electron chi connectivity index (χ2n) is 7.34. The monoisotopic (exact) mass is 395 g/mol. The summed E-state index contributed by atoms with van der Waals surface area (Å²) < 4.78 is 45.9. The average molecular weight is 395 g/mol. The predicted molar refractivity (Wildman–Crippen MR) is 88.6 cm³/mol. The molecule has 1 saturated heterocycles. The Hall–Kier alpha value is -1.88. The summed E-state index contributed by atoms with van der Waals surface area (Å²) in [6.07, 6.45) is -2.40. The van der Waals surface area contributed by atoms with Crippen LogP contribution in [0.25, 0.3) is 0 Å². The molecule has 0 aromatic heterocycles. The first-order chi connectivity index (χ1) is 11.6. The number of rotatable bonds is 7. The van der Waals surface area contributed by atoms with Gasteiger partial charge in [-0.3, -0.25) is 9.35 Å². The van der Waals surface area contributed by atoms with Gasteiger partial charge < -0.3 is 19.5 Å². The smallest absolute Gasteiger partial charge is 0.420 e. The Kier molecular flexibility index (Phi) is 6.64. The van der Waals surface area contributed by atoms with Crippen LogP contribution in [0.4, 0.5) is 4.79 Å². The van der Waals surface area contributed by atoms with Crippen molar-refractivity contribution in [2.45, 2.75) is 65.4 Å². The minimum atomic E-state index is -4.22. The van der Waals surface area contributed by atoms with E-state index in [4.69, 9.17) is 18.8 Å². The summed E-state index contributed by atoms with van der Waals surface area (Å²) in [7, 11) is -4.22. The quantitative estimate of drug-likeness (QED) is 0.476. The lowest BCUT2D eigenvalue weighted by Crippen LogP contribution is -2.46. The van der Waals surface area contributed by atoms with E-state index in [0.29, 0.717) is 0 Å².